The molecule has 0 aliphatic rings. The molecule has 1 unspecified atom stereocenters. The fraction of sp³-hybridized carbons (Fsp3) is 0.231. The van der Waals surface area contributed by atoms with E-state index in [0.29, 0.717) is 18.2 Å². The molecule has 17 heavy (non-hydrogen) atoms. The van der Waals surface area contributed by atoms with Crippen molar-refractivity contribution in [2.24, 2.45) is 5.73 Å². The van der Waals surface area contributed by atoms with Crippen molar-refractivity contribution >= 4 is 11.6 Å². The summed E-state index contributed by atoms with van der Waals surface area (Å²) in [4.78, 5) is 0. The van der Waals surface area contributed by atoms with Gasteiger partial charge in [0.25, 0.3) is 0 Å². The first-order chi connectivity index (χ1) is 8.31. The third-order valence-corrected chi connectivity index (χ3v) is 2.82. The molecule has 1 aromatic heterocycles. The summed E-state index contributed by atoms with van der Waals surface area (Å²) in [7, 11) is 0. The molecule has 1 atom stereocenters. The average Bonchev–Trinajstić information content (AvgIpc) is 2.85. The van der Waals surface area contributed by atoms with Crippen LogP contribution in [0.2, 0.25) is 5.02 Å². The molecule has 2 rings (SSSR count). The Balaban J connectivity index is 2.04. The fourth-order valence-corrected chi connectivity index (χ4v) is 1.86. The van der Waals surface area contributed by atoms with Crippen LogP contribution in [0.3, 0.4) is 0 Å². The second-order valence-corrected chi connectivity index (χ2v) is 4.04. The van der Waals surface area contributed by atoms with Gasteiger partial charge < -0.3 is 14.9 Å². The average molecular weight is 252 g/mol. The van der Waals surface area contributed by atoms with Gasteiger partial charge in [-0.1, -0.05) is 29.8 Å². The Hall–Kier alpha value is -1.29. The van der Waals surface area contributed by atoms with E-state index < -0.39 is 0 Å². The number of nitrogens with two attached hydrogens (primary N) is 1. The number of halogens is 1. The maximum Gasteiger partial charge on any atom is 0.129 e. The van der Waals surface area contributed by atoms with Crippen LogP contribution < -0.4 is 5.73 Å². The van der Waals surface area contributed by atoms with E-state index in [1.807, 2.05) is 36.4 Å². The van der Waals surface area contributed by atoms with E-state index in [1.54, 1.807) is 6.26 Å². The topological polar surface area (TPSA) is 48.4 Å². The summed E-state index contributed by atoms with van der Waals surface area (Å²) in [6, 6.07) is 11.2. The smallest absolute Gasteiger partial charge is 0.129 e. The maximum atomic E-state index is 6.10. The van der Waals surface area contributed by atoms with Gasteiger partial charge >= 0.3 is 0 Å². The molecule has 0 aliphatic heterocycles. The molecule has 1 heterocycles. The highest BCUT2D eigenvalue weighted by atomic mass is 35.5. The van der Waals surface area contributed by atoms with Crippen molar-refractivity contribution in [3.8, 4) is 0 Å². The predicted molar refractivity (Wildman–Crippen MR) is 66.7 cm³/mol. The molecular formula is C13H14ClNO2. The molecule has 2 N–H and O–H groups in total. The Morgan fingerprint density at radius 1 is 1.24 bits per heavy atom. The van der Waals surface area contributed by atoms with E-state index >= 15 is 0 Å². The van der Waals surface area contributed by atoms with Crippen molar-refractivity contribution in [1.29, 1.82) is 0 Å². The summed E-state index contributed by atoms with van der Waals surface area (Å²) in [5.74, 6) is 0.774. The zero-order valence-electron chi connectivity index (χ0n) is 9.30. The van der Waals surface area contributed by atoms with Crippen LogP contribution in [0.15, 0.2) is 47.1 Å². The molecule has 0 saturated carbocycles. The van der Waals surface area contributed by atoms with Gasteiger partial charge in [-0.3, -0.25) is 0 Å². The van der Waals surface area contributed by atoms with Gasteiger partial charge in [-0.05, 0) is 18.2 Å². The van der Waals surface area contributed by atoms with E-state index in [0.717, 1.165) is 11.3 Å². The molecule has 0 fully saturated rings. The molecule has 0 bridgehead atoms. The second-order valence-electron chi connectivity index (χ2n) is 3.64. The van der Waals surface area contributed by atoms with E-state index in [1.165, 1.54) is 0 Å². The number of furan rings is 1. The van der Waals surface area contributed by atoms with Crippen LogP contribution in [-0.2, 0) is 11.3 Å². The predicted octanol–water partition coefficient (Wildman–Crippen LogP) is 3.15. The lowest BCUT2D eigenvalue weighted by molar-refractivity contribution is 0.0356. The summed E-state index contributed by atoms with van der Waals surface area (Å²) < 4.78 is 10.9. The van der Waals surface area contributed by atoms with E-state index in [2.05, 4.69) is 0 Å². The summed E-state index contributed by atoms with van der Waals surface area (Å²) in [6.45, 7) is 0.768. The quantitative estimate of drug-likeness (QED) is 0.888. The molecule has 4 heteroatoms. The van der Waals surface area contributed by atoms with E-state index in [9.17, 15) is 0 Å². The van der Waals surface area contributed by atoms with Crippen molar-refractivity contribution in [2.75, 3.05) is 6.54 Å². The number of hydrogen-bond acceptors (Lipinski definition) is 3. The minimum atomic E-state index is -0.214. The van der Waals surface area contributed by atoms with Gasteiger partial charge in [0, 0.05) is 17.1 Å². The highest BCUT2D eigenvalue weighted by Crippen LogP contribution is 2.25. The van der Waals surface area contributed by atoms with Gasteiger partial charge in [-0.15, -0.1) is 0 Å². The first-order valence-corrected chi connectivity index (χ1v) is 5.77. The van der Waals surface area contributed by atoms with Crippen molar-refractivity contribution in [3.05, 3.63) is 59.0 Å². The number of ether oxygens (including phenoxy) is 1. The minimum Gasteiger partial charge on any atom is -0.467 e. The Labute approximate surface area is 105 Å². The number of rotatable bonds is 5. The molecule has 3 nitrogen and oxygen atoms in total. The molecule has 0 aliphatic carbocycles. The molecule has 2 aromatic rings. The standard InChI is InChI=1S/C13H14ClNO2/c14-12-6-2-1-5-11(12)13(8-15)17-9-10-4-3-7-16-10/h1-7,13H,8-9,15H2. The van der Waals surface area contributed by atoms with Crippen LogP contribution in [0, 0.1) is 0 Å². The Morgan fingerprint density at radius 3 is 2.71 bits per heavy atom. The van der Waals surface area contributed by atoms with Gasteiger partial charge in [-0.2, -0.15) is 0 Å². The van der Waals surface area contributed by atoms with Gasteiger partial charge in [-0.25, -0.2) is 0 Å². The summed E-state index contributed by atoms with van der Waals surface area (Å²) in [5, 5.41) is 0.669. The van der Waals surface area contributed by atoms with Gasteiger partial charge in [0.05, 0.1) is 12.4 Å². The maximum absolute atomic E-state index is 6.10. The Bertz CT molecular complexity index is 456. The number of hydrogen-bond donors (Lipinski definition) is 1. The summed E-state index contributed by atoms with van der Waals surface area (Å²) in [6.07, 6.45) is 1.40. The van der Waals surface area contributed by atoms with Crippen LogP contribution in [0.4, 0.5) is 0 Å². The number of benzene rings is 1. The van der Waals surface area contributed by atoms with Gasteiger partial charge in [0.1, 0.15) is 12.4 Å². The Morgan fingerprint density at radius 2 is 2.06 bits per heavy atom. The molecule has 0 radical (unpaired) electrons. The highest BCUT2D eigenvalue weighted by Gasteiger charge is 2.13. The second kappa shape index (κ2) is 5.87. The van der Waals surface area contributed by atoms with Crippen LogP contribution in [0.5, 0.6) is 0 Å². The first-order valence-electron chi connectivity index (χ1n) is 5.39. The van der Waals surface area contributed by atoms with E-state index in [4.69, 9.17) is 26.5 Å². The third-order valence-electron chi connectivity index (χ3n) is 2.47. The first kappa shape index (κ1) is 12.2. The van der Waals surface area contributed by atoms with Crippen LogP contribution in [0.25, 0.3) is 0 Å². The Kier molecular flexibility index (Phi) is 4.20. The normalized spacial score (nSPS) is 12.6. The summed E-state index contributed by atoms with van der Waals surface area (Å²) >= 11 is 6.10. The monoisotopic (exact) mass is 251 g/mol. The zero-order valence-corrected chi connectivity index (χ0v) is 10.1. The third kappa shape index (κ3) is 3.09. The van der Waals surface area contributed by atoms with Crippen LogP contribution in [-0.4, -0.2) is 6.54 Å². The summed E-state index contributed by atoms with van der Waals surface area (Å²) in [5.41, 5.74) is 6.60. The van der Waals surface area contributed by atoms with Crippen molar-refractivity contribution in [1.82, 2.24) is 0 Å². The lowest BCUT2D eigenvalue weighted by atomic mass is 10.1. The fourth-order valence-electron chi connectivity index (χ4n) is 1.60. The van der Waals surface area contributed by atoms with Gasteiger partial charge in [0.15, 0.2) is 0 Å². The molecular weight excluding hydrogens is 238 g/mol. The zero-order chi connectivity index (χ0) is 12.1. The van der Waals surface area contributed by atoms with Gasteiger partial charge in [0.2, 0.25) is 0 Å². The highest BCUT2D eigenvalue weighted by molar-refractivity contribution is 6.31. The molecule has 90 valence electrons. The SMILES string of the molecule is NCC(OCc1ccco1)c1ccccc1Cl. The van der Waals surface area contributed by atoms with E-state index in [-0.39, 0.29) is 6.10 Å². The lowest BCUT2D eigenvalue weighted by Gasteiger charge is -2.16. The van der Waals surface area contributed by atoms with Crippen molar-refractivity contribution < 1.29 is 9.15 Å². The van der Waals surface area contributed by atoms with Crippen molar-refractivity contribution in [2.45, 2.75) is 12.7 Å². The largest absolute Gasteiger partial charge is 0.467 e. The lowest BCUT2D eigenvalue weighted by Crippen LogP contribution is -2.16. The van der Waals surface area contributed by atoms with Crippen LogP contribution >= 0.6 is 11.6 Å². The molecule has 1 aromatic carbocycles. The molecule has 0 spiro atoms. The van der Waals surface area contributed by atoms with Crippen LogP contribution in [0.1, 0.15) is 17.4 Å². The molecule has 0 saturated heterocycles. The molecule has 0 amide bonds. The van der Waals surface area contributed by atoms with Crippen molar-refractivity contribution in [3.63, 3.8) is 0 Å². The minimum absolute atomic E-state index is 0.214.